The van der Waals surface area contributed by atoms with Gasteiger partial charge in [0.05, 0.1) is 12.8 Å². The summed E-state index contributed by atoms with van der Waals surface area (Å²) in [5, 5.41) is 24.7. The molecular formula is C23H24N6O5. The molecule has 2 aromatic heterocycles. The number of ether oxygens (including phenoxy) is 1. The SMILES string of the molecule is Cn1c(=O)c2c(nc(NN=Cc3ccccc3O)n2CC(O)COc2ccccc2)n(C)c1=O. The number of aryl methyl sites for hydroxylation is 1. The van der Waals surface area contributed by atoms with Crippen LogP contribution in [-0.2, 0) is 20.6 Å². The van der Waals surface area contributed by atoms with Crippen LogP contribution in [0.15, 0.2) is 69.3 Å². The van der Waals surface area contributed by atoms with Crippen LogP contribution in [0, 0.1) is 0 Å². The smallest absolute Gasteiger partial charge is 0.332 e. The molecule has 0 aliphatic heterocycles. The fourth-order valence-corrected chi connectivity index (χ4v) is 3.44. The molecule has 11 nitrogen and oxygen atoms in total. The van der Waals surface area contributed by atoms with Gasteiger partial charge < -0.3 is 19.5 Å². The van der Waals surface area contributed by atoms with Crippen LogP contribution in [0.25, 0.3) is 11.2 Å². The maximum absolute atomic E-state index is 12.9. The number of rotatable bonds is 8. The number of aliphatic hydroxyl groups excluding tert-OH is 1. The highest BCUT2D eigenvalue weighted by Crippen LogP contribution is 2.18. The van der Waals surface area contributed by atoms with Gasteiger partial charge in [0.1, 0.15) is 24.2 Å². The van der Waals surface area contributed by atoms with Gasteiger partial charge in [-0.1, -0.05) is 30.3 Å². The molecule has 3 N–H and O–H groups in total. The number of hydrogen-bond donors (Lipinski definition) is 3. The van der Waals surface area contributed by atoms with Gasteiger partial charge in [-0.05, 0) is 24.3 Å². The first-order valence-electron chi connectivity index (χ1n) is 10.5. The molecule has 2 aromatic carbocycles. The van der Waals surface area contributed by atoms with E-state index in [9.17, 15) is 19.8 Å². The number of phenolic OH excluding ortho intramolecular Hbond substituents is 1. The largest absolute Gasteiger partial charge is 0.507 e. The molecule has 2 heterocycles. The lowest BCUT2D eigenvalue weighted by Gasteiger charge is -2.15. The van der Waals surface area contributed by atoms with Crippen molar-refractivity contribution in [2.24, 2.45) is 19.2 Å². The van der Waals surface area contributed by atoms with E-state index in [0.29, 0.717) is 11.3 Å². The van der Waals surface area contributed by atoms with Gasteiger partial charge in [-0.3, -0.25) is 13.9 Å². The predicted molar refractivity (Wildman–Crippen MR) is 127 cm³/mol. The fourth-order valence-electron chi connectivity index (χ4n) is 3.44. The number of benzene rings is 2. The molecule has 4 rings (SSSR count). The van der Waals surface area contributed by atoms with Crippen molar-refractivity contribution >= 4 is 23.3 Å². The number of phenols is 1. The van der Waals surface area contributed by atoms with Crippen molar-refractivity contribution in [3.05, 3.63) is 81.0 Å². The molecule has 1 atom stereocenters. The summed E-state index contributed by atoms with van der Waals surface area (Å²) in [6, 6.07) is 15.7. The Balaban J connectivity index is 1.68. The van der Waals surface area contributed by atoms with Crippen molar-refractivity contribution < 1.29 is 14.9 Å². The quantitative estimate of drug-likeness (QED) is 0.262. The number of fused-ring (bicyclic) bond motifs is 1. The molecule has 0 radical (unpaired) electrons. The van der Waals surface area contributed by atoms with Crippen LogP contribution in [0.3, 0.4) is 0 Å². The zero-order chi connectivity index (χ0) is 24.2. The first-order chi connectivity index (χ1) is 16.4. The minimum absolute atomic E-state index is 0.0314. The van der Waals surface area contributed by atoms with Crippen molar-refractivity contribution in [1.29, 1.82) is 0 Å². The number of aliphatic hydroxyl groups is 1. The number of anilines is 1. The maximum atomic E-state index is 12.9. The number of hydrogen-bond acceptors (Lipinski definition) is 8. The Labute approximate surface area is 193 Å². The number of imidazole rings is 1. The summed E-state index contributed by atoms with van der Waals surface area (Å²) in [7, 11) is 2.88. The van der Waals surface area contributed by atoms with E-state index in [1.807, 2.05) is 18.2 Å². The second kappa shape index (κ2) is 9.63. The molecule has 0 aliphatic rings. The minimum atomic E-state index is -0.998. The predicted octanol–water partition coefficient (Wildman–Crippen LogP) is 1.03. The summed E-state index contributed by atoms with van der Waals surface area (Å²) in [6.45, 7) is -0.0818. The molecular weight excluding hydrogens is 440 g/mol. The Morgan fingerprint density at radius 3 is 2.53 bits per heavy atom. The lowest BCUT2D eigenvalue weighted by Crippen LogP contribution is -2.38. The molecule has 0 amide bonds. The van der Waals surface area contributed by atoms with Gasteiger partial charge in [-0.15, -0.1) is 0 Å². The summed E-state index contributed by atoms with van der Waals surface area (Å²) in [5.41, 5.74) is 2.40. The van der Waals surface area contributed by atoms with Crippen LogP contribution < -0.4 is 21.4 Å². The second-order valence-electron chi connectivity index (χ2n) is 7.63. The van der Waals surface area contributed by atoms with E-state index < -0.39 is 17.4 Å². The van der Waals surface area contributed by atoms with E-state index in [1.54, 1.807) is 30.3 Å². The van der Waals surface area contributed by atoms with Crippen molar-refractivity contribution in [1.82, 2.24) is 18.7 Å². The van der Waals surface area contributed by atoms with Gasteiger partial charge in [0, 0.05) is 19.7 Å². The molecule has 11 heteroatoms. The Kier molecular flexibility index (Phi) is 6.46. The van der Waals surface area contributed by atoms with E-state index in [0.717, 1.165) is 4.57 Å². The van der Waals surface area contributed by atoms with Gasteiger partial charge in [0.15, 0.2) is 11.2 Å². The van der Waals surface area contributed by atoms with E-state index in [2.05, 4.69) is 15.5 Å². The first-order valence-corrected chi connectivity index (χ1v) is 10.5. The standard InChI is InChI=1S/C23H24N6O5/c1-27-20-19(21(32)28(2)23(27)33)29(13-16(30)14-34-17-9-4-3-5-10-17)22(25-20)26-24-12-15-8-6-7-11-18(15)31/h3-12,16,30-31H,13-14H2,1-2H3,(H,25,26). The Morgan fingerprint density at radius 2 is 1.79 bits per heavy atom. The van der Waals surface area contributed by atoms with Crippen LogP contribution >= 0.6 is 0 Å². The third kappa shape index (κ3) is 4.55. The number of aromatic hydroxyl groups is 1. The Morgan fingerprint density at radius 1 is 1.09 bits per heavy atom. The summed E-state index contributed by atoms with van der Waals surface area (Å²) in [4.78, 5) is 29.7. The monoisotopic (exact) mass is 464 g/mol. The highest BCUT2D eigenvalue weighted by atomic mass is 16.5. The van der Waals surface area contributed by atoms with Gasteiger partial charge in [0.2, 0.25) is 5.95 Å². The van der Waals surface area contributed by atoms with Gasteiger partial charge in [0.25, 0.3) is 5.56 Å². The highest BCUT2D eigenvalue weighted by Gasteiger charge is 2.21. The van der Waals surface area contributed by atoms with Crippen molar-refractivity contribution in [2.75, 3.05) is 12.0 Å². The molecule has 4 aromatic rings. The highest BCUT2D eigenvalue weighted by molar-refractivity contribution is 5.83. The van der Waals surface area contributed by atoms with Crippen LogP contribution in [0.2, 0.25) is 0 Å². The van der Waals surface area contributed by atoms with E-state index in [-0.39, 0.29) is 36.0 Å². The maximum Gasteiger partial charge on any atom is 0.332 e. The van der Waals surface area contributed by atoms with E-state index in [4.69, 9.17) is 4.74 Å². The molecule has 0 bridgehead atoms. The van der Waals surface area contributed by atoms with Crippen molar-refractivity contribution in [3.63, 3.8) is 0 Å². The molecule has 176 valence electrons. The fraction of sp³-hybridized carbons (Fsp3) is 0.217. The normalized spacial score (nSPS) is 12.3. The summed E-state index contributed by atoms with van der Waals surface area (Å²) < 4.78 is 9.30. The molecule has 34 heavy (non-hydrogen) atoms. The lowest BCUT2D eigenvalue weighted by molar-refractivity contribution is 0.0938. The summed E-state index contributed by atoms with van der Waals surface area (Å²) in [6.07, 6.45) is 0.396. The average Bonchev–Trinajstić information content (AvgIpc) is 3.20. The van der Waals surface area contributed by atoms with Crippen LogP contribution in [0.1, 0.15) is 5.56 Å². The van der Waals surface area contributed by atoms with Crippen LogP contribution in [-0.4, -0.2) is 47.8 Å². The zero-order valence-electron chi connectivity index (χ0n) is 18.6. The topological polar surface area (TPSA) is 136 Å². The van der Waals surface area contributed by atoms with Gasteiger partial charge in [-0.25, -0.2) is 10.2 Å². The zero-order valence-corrected chi connectivity index (χ0v) is 18.6. The number of nitrogens with one attached hydrogen (secondary N) is 1. The van der Waals surface area contributed by atoms with Crippen molar-refractivity contribution in [2.45, 2.75) is 12.6 Å². The number of para-hydroxylation sites is 2. The summed E-state index contributed by atoms with van der Waals surface area (Å²) in [5.74, 6) is 0.783. The number of hydrazone groups is 1. The summed E-state index contributed by atoms with van der Waals surface area (Å²) >= 11 is 0. The number of aromatic nitrogens is 4. The van der Waals surface area contributed by atoms with Crippen molar-refractivity contribution in [3.8, 4) is 11.5 Å². The third-order valence-corrected chi connectivity index (χ3v) is 5.23. The molecule has 0 saturated heterocycles. The average molecular weight is 464 g/mol. The molecule has 0 spiro atoms. The van der Waals surface area contributed by atoms with Gasteiger partial charge in [-0.2, -0.15) is 10.1 Å². The number of nitrogens with zero attached hydrogens (tertiary/aromatic N) is 5. The third-order valence-electron chi connectivity index (χ3n) is 5.23. The molecule has 0 fully saturated rings. The van der Waals surface area contributed by atoms with Gasteiger partial charge >= 0.3 is 5.69 Å². The van der Waals surface area contributed by atoms with Crippen LogP contribution in [0.4, 0.5) is 5.95 Å². The molecule has 0 saturated carbocycles. The first kappa shape index (κ1) is 22.8. The van der Waals surface area contributed by atoms with Crippen LogP contribution in [0.5, 0.6) is 11.5 Å². The lowest BCUT2D eigenvalue weighted by atomic mass is 10.2. The minimum Gasteiger partial charge on any atom is -0.507 e. The van der Waals surface area contributed by atoms with E-state index in [1.165, 1.54) is 35.5 Å². The molecule has 1 unspecified atom stereocenters. The Hall–Kier alpha value is -4.38. The van der Waals surface area contributed by atoms with E-state index >= 15 is 0 Å². The molecule has 0 aliphatic carbocycles. The Bertz CT molecular complexity index is 1450. The second-order valence-corrected chi connectivity index (χ2v) is 7.63.